The molecule has 1 saturated heterocycles. The molecule has 160 valence electrons. The first kappa shape index (κ1) is 21.0. The van der Waals surface area contributed by atoms with E-state index in [-0.39, 0.29) is 24.5 Å². The highest BCUT2D eigenvalue weighted by atomic mass is 32.1. The number of ether oxygens (including phenoxy) is 1. The normalized spacial score (nSPS) is 18.2. The molecule has 4 heterocycles. The van der Waals surface area contributed by atoms with Crippen LogP contribution in [0.3, 0.4) is 0 Å². The number of methoxy groups -OCH3 is 1. The minimum absolute atomic E-state index is 0.115. The Morgan fingerprint density at radius 2 is 1.90 bits per heavy atom. The second kappa shape index (κ2) is 8.85. The molecule has 1 aliphatic rings. The largest absolute Gasteiger partial charge is 0.469 e. The first-order valence-corrected chi connectivity index (χ1v) is 10.6. The minimum atomic E-state index is -0.262. The van der Waals surface area contributed by atoms with Crippen molar-refractivity contribution in [3.63, 3.8) is 0 Å². The highest BCUT2D eigenvalue weighted by Crippen LogP contribution is 2.41. The lowest BCUT2D eigenvalue weighted by Gasteiger charge is -2.27. The van der Waals surface area contributed by atoms with Gasteiger partial charge in [-0.3, -0.25) is 9.78 Å². The van der Waals surface area contributed by atoms with E-state index in [0.29, 0.717) is 11.7 Å². The van der Waals surface area contributed by atoms with Gasteiger partial charge < -0.3 is 19.5 Å². The molecule has 31 heavy (non-hydrogen) atoms. The molecule has 3 aromatic rings. The monoisotopic (exact) mass is 435 g/mol. The number of thiocarbonyl (C=S) groups is 1. The molecule has 1 fully saturated rings. The van der Waals surface area contributed by atoms with Crippen molar-refractivity contribution in [2.75, 3.05) is 13.7 Å². The quantitative estimate of drug-likeness (QED) is 0.470. The number of carbonyl (C=O) groups excluding carboxylic acids is 1. The van der Waals surface area contributed by atoms with Crippen LogP contribution in [0.5, 0.6) is 0 Å². The molecule has 8 heteroatoms. The predicted octanol–water partition coefficient (Wildman–Crippen LogP) is 3.42. The molecule has 0 unspecified atom stereocenters. The summed E-state index contributed by atoms with van der Waals surface area (Å²) in [7, 11) is 1.40. The van der Waals surface area contributed by atoms with Crippen molar-refractivity contribution >= 4 is 23.3 Å². The summed E-state index contributed by atoms with van der Waals surface area (Å²) in [4.78, 5) is 23.0. The van der Waals surface area contributed by atoms with Crippen molar-refractivity contribution in [3.05, 3.63) is 77.5 Å². The van der Waals surface area contributed by atoms with Gasteiger partial charge in [-0.15, -0.1) is 0 Å². The van der Waals surface area contributed by atoms with E-state index >= 15 is 0 Å². The average Bonchev–Trinajstić information content (AvgIpc) is 3.28. The van der Waals surface area contributed by atoms with Crippen LogP contribution in [0.1, 0.15) is 41.1 Å². The molecule has 0 aromatic carbocycles. The standard InChI is InChI=1S/C23H25N5O2S/c1-15-14-17(16(2)28(15)19-9-5-7-12-25-19)22-21(18-8-4-6-11-24-18)26-23(31)27(22)13-10-20(29)30-3/h4-9,11-12,14,21-22H,10,13H2,1-3H3,(H,26,31)/t21-,22+/m1/s1. The lowest BCUT2D eigenvalue weighted by molar-refractivity contribution is -0.140. The van der Waals surface area contributed by atoms with Crippen LogP contribution < -0.4 is 5.32 Å². The maximum Gasteiger partial charge on any atom is 0.307 e. The molecule has 4 rings (SSSR count). The van der Waals surface area contributed by atoms with E-state index in [9.17, 15) is 4.79 Å². The fraction of sp³-hybridized carbons (Fsp3) is 0.304. The smallest absolute Gasteiger partial charge is 0.307 e. The van der Waals surface area contributed by atoms with E-state index in [1.165, 1.54) is 7.11 Å². The number of nitrogens with zero attached hydrogens (tertiary/aromatic N) is 4. The number of pyridine rings is 2. The van der Waals surface area contributed by atoms with Crippen LogP contribution in [-0.4, -0.2) is 44.2 Å². The molecular formula is C23H25N5O2S. The van der Waals surface area contributed by atoms with Gasteiger partial charge in [0.05, 0.1) is 31.3 Å². The minimum Gasteiger partial charge on any atom is -0.469 e. The maximum atomic E-state index is 11.8. The molecular weight excluding hydrogens is 410 g/mol. The first-order chi connectivity index (χ1) is 15.0. The molecule has 0 saturated carbocycles. The Labute approximate surface area is 187 Å². The van der Waals surface area contributed by atoms with Crippen molar-refractivity contribution in [2.45, 2.75) is 32.4 Å². The zero-order valence-electron chi connectivity index (χ0n) is 17.8. The second-order valence-corrected chi connectivity index (χ2v) is 7.88. The van der Waals surface area contributed by atoms with Crippen LogP contribution in [-0.2, 0) is 9.53 Å². The van der Waals surface area contributed by atoms with Crippen LogP contribution in [0.2, 0.25) is 0 Å². The summed E-state index contributed by atoms with van der Waals surface area (Å²) in [5, 5.41) is 4.03. The Bertz CT molecular complexity index is 1080. The van der Waals surface area contributed by atoms with Gasteiger partial charge in [0.2, 0.25) is 0 Å². The third-order valence-electron chi connectivity index (χ3n) is 5.65. The predicted molar refractivity (Wildman–Crippen MR) is 122 cm³/mol. The first-order valence-electron chi connectivity index (χ1n) is 10.2. The van der Waals surface area contributed by atoms with Crippen LogP contribution in [0.4, 0.5) is 0 Å². The Morgan fingerprint density at radius 1 is 1.16 bits per heavy atom. The third-order valence-corrected chi connectivity index (χ3v) is 6.00. The van der Waals surface area contributed by atoms with Gasteiger partial charge in [-0.1, -0.05) is 12.1 Å². The average molecular weight is 436 g/mol. The Balaban J connectivity index is 1.79. The molecule has 0 bridgehead atoms. The molecule has 7 nitrogen and oxygen atoms in total. The van der Waals surface area contributed by atoms with Crippen LogP contribution in [0.15, 0.2) is 54.9 Å². The fourth-order valence-corrected chi connectivity index (χ4v) is 4.56. The van der Waals surface area contributed by atoms with Crippen molar-refractivity contribution in [2.24, 2.45) is 0 Å². The maximum absolute atomic E-state index is 11.8. The molecule has 2 atom stereocenters. The van der Waals surface area contributed by atoms with E-state index < -0.39 is 0 Å². The number of carbonyl (C=O) groups is 1. The van der Waals surface area contributed by atoms with E-state index in [2.05, 4.69) is 44.7 Å². The number of nitrogens with one attached hydrogen (secondary N) is 1. The van der Waals surface area contributed by atoms with Crippen molar-refractivity contribution in [3.8, 4) is 5.82 Å². The summed E-state index contributed by atoms with van der Waals surface area (Å²) in [6.07, 6.45) is 3.83. The van der Waals surface area contributed by atoms with Gasteiger partial charge in [-0.25, -0.2) is 4.98 Å². The van der Waals surface area contributed by atoms with E-state index in [4.69, 9.17) is 17.0 Å². The number of esters is 1. The molecule has 3 aromatic heterocycles. The summed E-state index contributed by atoms with van der Waals surface area (Å²) in [6, 6.07) is 13.7. The highest BCUT2D eigenvalue weighted by molar-refractivity contribution is 7.80. The summed E-state index contributed by atoms with van der Waals surface area (Å²) >= 11 is 5.67. The SMILES string of the molecule is COC(=O)CCN1C(=S)N[C@H](c2ccccn2)[C@@H]1c1cc(C)n(-c2ccccn2)c1C. The van der Waals surface area contributed by atoms with Gasteiger partial charge in [0, 0.05) is 30.3 Å². The number of aromatic nitrogens is 3. The lowest BCUT2D eigenvalue weighted by atomic mass is 9.96. The zero-order chi connectivity index (χ0) is 22.0. The highest BCUT2D eigenvalue weighted by Gasteiger charge is 2.41. The Morgan fingerprint density at radius 3 is 2.55 bits per heavy atom. The second-order valence-electron chi connectivity index (χ2n) is 7.50. The molecule has 1 aliphatic heterocycles. The van der Waals surface area contributed by atoms with Crippen LogP contribution >= 0.6 is 12.2 Å². The summed E-state index contributed by atoms with van der Waals surface area (Å²) in [5.74, 6) is 0.606. The summed E-state index contributed by atoms with van der Waals surface area (Å²) in [6.45, 7) is 4.62. The summed E-state index contributed by atoms with van der Waals surface area (Å²) < 4.78 is 6.99. The fourth-order valence-electron chi connectivity index (χ4n) is 4.22. The van der Waals surface area contributed by atoms with Crippen LogP contribution in [0.25, 0.3) is 5.82 Å². The van der Waals surface area contributed by atoms with Crippen molar-refractivity contribution in [1.82, 2.24) is 24.8 Å². The van der Waals surface area contributed by atoms with E-state index in [1.807, 2.05) is 36.4 Å². The van der Waals surface area contributed by atoms with Gasteiger partial charge in [-0.2, -0.15) is 0 Å². The Hall–Kier alpha value is -3.26. The third kappa shape index (κ3) is 4.03. The topological polar surface area (TPSA) is 72.3 Å². The van der Waals surface area contributed by atoms with Gasteiger partial charge >= 0.3 is 5.97 Å². The number of hydrogen-bond donors (Lipinski definition) is 1. The van der Waals surface area contributed by atoms with Crippen molar-refractivity contribution in [1.29, 1.82) is 0 Å². The number of hydrogen-bond acceptors (Lipinski definition) is 5. The molecule has 0 amide bonds. The van der Waals surface area contributed by atoms with E-state index in [0.717, 1.165) is 28.5 Å². The van der Waals surface area contributed by atoms with Crippen molar-refractivity contribution < 1.29 is 9.53 Å². The van der Waals surface area contributed by atoms with Gasteiger partial charge in [0.25, 0.3) is 0 Å². The molecule has 0 aliphatic carbocycles. The van der Waals surface area contributed by atoms with Gasteiger partial charge in [0.15, 0.2) is 5.11 Å². The van der Waals surface area contributed by atoms with Gasteiger partial charge in [0.1, 0.15) is 5.82 Å². The molecule has 0 spiro atoms. The number of aryl methyl sites for hydroxylation is 1. The summed E-state index contributed by atoms with van der Waals surface area (Å²) in [5.41, 5.74) is 4.18. The van der Waals surface area contributed by atoms with E-state index in [1.54, 1.807) is 12.4 Å². The van der Waals surface area contributed by atoms with Gasteiger partial charge in [-0.05, 0) is 62.0 Å². The lowest BCUT2D eigenvalue weighted by Crippen LogP contribution is -2.32. The molecule has 1 N–H and O–H groups in total. The zero-order valence-corrected chi connectivity index (χ0v) is 18.6. The molecule has 0 radical (unpaired) electrons. The Kier molecular flexibility index (Phi) is 5.99. The van der Waals surface area contributed by atoms with Crippen LogP contribution in [0, 0.1) is 13.8 Å². The number of rotatable bonds is 6.